The summed E-state index contributed by atoms with van der Waals surface area (Å²) in [5.74, 6) is 0.205. The van der Waals surface area contributed by atoms with Crippen LogP contribution in [0.3, 0.4) is 0 Å². The number of rotatable bonds is 5. The van der Waals surface area contributed by atoms with Crippen molar-refractivity contribution in [2.45, 2.75) is 24.7 Å². The molecule has 0 unspecified atom stereocenters. The summed E-state index contributed by atoms with van der Waals surface area (Å²) >= 11 is 1.16. The maximum Gasteiger partial charge on any atom is 0.180 e. The van der Waals surface area contributed by atoms with Crippen LogP contribution in [0.25, 0.3) is 0 Å². The lowest BCUT2D eigenvalue weighted by Gasteiger charge is -1.99. The van der Waals surface area contributed by atoms with Crippen molar-refractivity contribution in [3.05, 3.63) is 29.8 Å². The predicted molar refractivity (Wildman–Crippen MR) is 58.1 cm³/mol. The van der Waals surface area contributed by atoms with Crippen LogP contribution in [0, 0.1) is 0 Å². The molecule has 14 heavy (non-hydrogen) atoms. The van der Waals surface area contributed by atoms with Gasteiger partial charge in [-0.15, -0.1) is 0 Å². The Morgan fingerprint density at radius 2 is 2.00 bits per heavy atom. The van der Waals surface area contributed by atoms with Crippen molar-refractivity contribution in [2.24, 2.45) is 0 Å². The smallest absolute Gasteiger partial charge is 0.180 e. The molecule has 74 valence electrons. The van der Waals surface area contributed by atoms with Crippen molar-refractivity contribution >= 4 is 23.2 Å². The molecule has 0 spiro atoms. The molecule has 0 saturated carbocycles. The molecule has 0 bridgehead atoms. The maximum atomic E-state index is 10.7. The second-order valence-corrected chi connectivity index (χ2v) is 3.96. The predicted octanol–water partition coefficient (Wildman–Crippen LogP) is 2.49. The number of carbonyl (C=O) groups is 2. The number of carbonyl (C=O) groups excluding carboxylic acids is 2. The molecule has 0 saturated heterocycles. The van der Waals surface area contributed by atoms with Gasteiger partial charge in [0.25, 0.3) is 0 Å². The Hall–Kier alpha value is -1.09. The van der Waals surface area contributed by atoms with E-state index >= 15 is 0 Å². The van der Waals surface area contributed by atoms with E-state index in [9.17, 15) is 9.59 Å². The summed E-state index contributed by atoms with van der Waals surface area (Å²) in [4.78, 5) is 21.9. The van der Waals surface area contributed by atoms with Crippen molar-refractivity contribution < 1.29 is 9.59 Å². The van der Waals surface area contributed by atoms with Gasteiger partial charge in [-0.05, 0) is 31.0 Å². The molecule has 1 aromatic carbocycles. The van der Waals surface area contributed by atoms with Gasteiger partial charge in [0.05, 0.1) is 0 Å². The van der Waals surface area contributed by atoms with E-state index in [1.807, 2.05) is 24.3 Å². The van der Waals surface area contributed by atoms with Gasteiger partial charge in [-0.2, -0.15) is 0 Å². The van der Waals surface area contributed by atoms with E-state index in [0.29, 0.717) is 6.42 Å². The van der Waals surface area contributed by atoms with Crippen molar-refractivity contribution in [1.82, 2.24) is 0 Å². The molecule has 1 aromatic rings. The minimum Gasteiger partial charge on any atom is -0.300 e. The van der Waals surface area contributed by atoms with Gasteiger partial charge in [0.15, 0.2) is 5.62 Å². The van der Waals surface area contributed by atoms with Gasteiger partial charge in [0.2, 0.25) is 0 Å². The zero-order valence-corrected chi connectivity index (χ0v) is 8.84. The summed E-state index contributed by atoms with van der Waals surface area (Å²) in [6.07, 6.45) is 1.36. The molecule has 0 fully saturated rings. The van der Waals surface area contributed by atoms with Crippen LogP contribution in [-0.4, -0.2) is 11.4 Å². The molecule has 0 aliphatic rings. The zero-order chi connectivity index (χ0) is 10.4. The van der Waals surface area contributed by atoms with Crippen LogP contribution in [0.2, 0.25) is 0 Å². The lowest BCUT2D eigenvalue weighted by atomic mass is 10.1. The molecule has 0 atom stereocenters. The zero-order valence-electron chi connectivity index (χ0n) is 8.03. The number of ketones is 1. The average Bonchev–Trinajstić information content (AvgIpc) is 2.17. The molecule has 2 nitrogen and oxygen atoms in total. The Labute approximate surface area is 87.7 Å². The van der Waals surface area contributed by atoms with Crippen LogP contribution in [0.5, 0.6) is 0 Å². The molecular formula is C11H12O2S. The quantitative estimate of drug-likeness (QED) is 0.550. The Bertz CT molecular complexity index is 317. The van der Waals surface area contributed by atoms with Crippen LogP contribution in [0.1, 0.15) is 18.9 Å². The Morgan fingerprint density at radius 3 is 2.50 bits per heavy atom. The molecule has 0 aliphatic heterocycles. The fraction of sp³-hybridized carbons (Fsp3) is 0.273. The molecule has 0 heterocycles. The minimum atomic E-state index is 0.205. The lowest BCUT2D eigenvalue weighted by Crippen LogP contribution is -1.93. The van der Waals surface area contributed by atoms with E-state index in [4.69, 9.17) is 0 Å². The average molecular weight is 208 g/mol. The van der Waals surface area contributed by atoms with Gasteiger partial charge in [0, 0.05) is 11.3 Å². The molecule has 0 aliphatic carbocycles. The van der Waals surface area contributed by atoms with Crippen molar-refractivity contribution in [1.29, 1.82) is 0 Å². The largest absolute Gasteiger partial charge is 0.300 e. The summed E-state index contributed by atoms with van der Waals surface area (Å²) in [7, 11) is 0. The van der Waals surface area contributed by atoms with Gasteiger partial charge in [-0.25, -0.2) is 0 Å². The van der Waals surface area contributed by atoms with Crippen LogP contribution in [0.4, 0.5) is 0 Å². The van der Waals surface area contributed by atoms with Crippen LogP contribution in [-0.2, 0) is 16.0 Å². The number of aryl methyl sites for hydroxylation is 1. The highest BCUT2D eigenvalue weighted by molar-refractivity contribution is 8.11. The monoisotopic (exact) mass is 208 g/mol. The first-order valence-electron chi connectivity index (χ1n) is 4.41. The standard InChI is InChI=1S/C11H12O2S/c1-9(13)2-3-10-4-6-11(7-5-10)14-8-12/h4-8H,2-3H2,1H3. The van der Waals surface area contributed by atoms with Gasteiger partial charge in [-0.1, -0.05) is 23.9 Å². The van der Waals surface area contributed by atoms with E-state index in [2.05, 4.69) is 0 Å². The molecule has 3 heteroatoms. The van der Waals surface area contributed by atoms with Crippen LogP contribution >= 0.6 is 11.8 Å². The lowest BCUT2D eigenvalue weighted by molar-refractivity contribution is -0.116. The second-order valence-electron chi connectivity index (χ2n) is 3.06. The summed E-state index contributed by atoms with van der Waals surface area (Å²) in [5, 5.41) is 0. The normalized spacial score (nSPS) is 9.79. The van der Waals surface area contributed by atoms with Crippen LogP contribution < -0.4 is 0 Å². The topological polar surface area (TPSA) is 34.1 Å². The summed E-state index contributed by atoms with van der Waals surface area (Å²) in [6, 6.07) is 7.70. The van der Waals surface area contributed by atoms with E-state index < -0.39 is 0 Å². The van der Waals surface area contributed by atoms with Gasteiger partial charge in [0.1, 0.15) is 5.78 Å². The molecule has 0 radical (unpaired) electrons. The van der Waals surface area contributed by atoms with Gasteiger partial charge in [-0.3, -0.25) is 4.79 Å². The summed E-state index contributed by atoms with van der Waals surface area (Å²) in [5.41, 5.74) is 1.94. The first-order valence-corrected chi connectivity index (χ1v) is 5.29. The summed E-state index contributed by atoms with van der Waals surface area (Å²) in [6.45, 7) is 1.59. The van der Waals surface area contributed by atoms with E-state index in [0.717, 1.165) is 34.3 Å². The molecule has 0 amide bonds. The Kier molecular flexibility index (Phi) is 4.40. The molecular weight excluding hydrogens is 196 g/mol. The highest BCUT2D eigenvalue weighted by atomic mass is 32.2. The first kappa shape index (κ1) is 11.0. The number of Topliss-reactive ketones (excluding diaryl/α,β-unsaturated/α-hetero) is 1. The van der Waals surface area contributed by atoms with Gasteiger partial charge >= 0.3 is 0 Å². The fourth-order valence-electron chi connectivity index (χ4n) is 1.11. The van der Waals surface area contributed by atoms with E-state index in [-0.39, 0.29) is 5.78 Å². The number of benzene rings is 1. The third-order valence-corrected chi connectivity index (χ3v) is 2.51. The third-order valence-electron chi connectivity index (χ3n) is 1.87. The molecule has 0 aromatic heterocycles. The second kappa shape index (κ2) is 5.60. The summed E-state index contributed by atoms with van der Waals surface area (Å²) < 4.78 is 0. The van der Waals surface area contributed by atoms with E-state index in [1.165, 1.54) is 0 Å². The Balaban J connectivity index is 2.54. The van der Waals surface area contributed by atoms with Crippen molar-refractivity contribution in [3.8, 4) is 0 Å². The van der Waals surface area contributed by atoms with Crippen molar-refractivity contribution in [2.75, 3.05) is 0 Å². The van der Waals surface area contributed by atoms with Gasteiger partial charge < -0.3 is 4.79 Å². The Morgan fingerprint density at radius 1 is 1.36 bits per heavy atom. The number of hydrogen-bond acceptors (Lipinski definition) is 3. The molecule has 1 rings (SSSR count). The first-order chi connectivity index (χ1) is 6.72. The molecule has 0 N–H and O–H groups in total. The highest BCUT2D eigenvalue weighted by Crippen LogP contribution is 2.16. The fourth-order valence-corrected chi connectivity index (χ4v) is 1.51. The number of hydrogen-bond donors (Lipinski definition) is 0. The van der Waals surface area contributed by atoms with E-state index in [1.54, 1.807) is 6.92 Å². The number of thioether (sulfide) groups is 1. The minimum absolute atomic E-state index is 0.205. The van der Waals surface area contributed by atoms with Crippen LogP contribution in [0.15, 0.2) is 29.2 Å². The maximum absolute atomic E-state index is 10.7. The third kappa shape index (κ3) is 3.75. The SMILES string of the molecule is CC(=O)CCc1ccc(SC=O)cc1. The van der Waals surface area contributed by atoms with Crippen molar-refractivity contribution in [3.63, 3.8) is 0 Å². The highest BCUT2D eigenvalue weighted by Gasteiger charge is 1.97.